The number of piperazine rings is 1. The summed E-state index contributed by atoms with van der Waals surface area (Å²) in [5, 5.41) is 3.73. The molecule has 36 heavy (non-hydrogen) atoms. The van der Waals surface area contributed by atoms with Crippen LogP contribution in [0.2, 0.25) is 0 Å². The fraction of sp³-hybridized carbons (Fsp3) is 0.792. The van der Waals surface area contributed by atoms with Crippen LogP contribution in [0, 0.1) is 5.41 Å². The Labute approximate surface area is 207 Å². The predicted molar refractivity (Wildman–Crippen MR) is 121 cm³/mol. The lowest BCUT2D eigenvalue weighted by molar-refractivity contribution is -0.145. The molecule has 0 radical (unpaired) electrons. The standard InChI is InChI=1S/C24H32F3N5O4/c1-34-18-13-35-6-3-17(18)29-14-8-20-23(10-14,4-7-36-20)21(33)31-11-16-9-15(31)12-32(16)22-28-5-2-19(30-22)24(25,26)27/h2,5,14-18,20,29H,3-4,6-13H2,1H3/t14-,15+,16+,17+,18-,20-,23-/m1/s1. The van der Waals surface area contributed by atoms with Crippen molar-refractivity contribution in [1.82, 2.24) is 20.2 Å². The van der Waals surface area contributed by atoms with E-state index in [0.29, 0.717) is 45.8 Å². The van der Waals surface area contributed by atoms with E-state index in [1.165, 1.54) is 0 Å². The molecule has 4 saturated heterocycles. The van der Waals surface area contributed by atoms with Crippen molar-refractivity contribution in [2.45, 2.75) is 74.7 Å². The number of rotatable bonds is 5. The van der Waals surface area contributed by atoms with Crippen LogP contribution in [-0.4, -0.2) is 97.2 Å². The summed E-state index contributed by atoms with van der Waals surface area (Å²) in [4.78, 5) is 25.6. The summed E-state index contributed by atoms with van der Waals surface area (Å²) in [6, 6.07) is 1.09. The minimum absolute atomic E-state index is 0.00914. The lowest BCUT2D eigenvalue weighted by Gasteiger charge is -2.39. The van der Waals surface area contributed by atoms with Crippen molar-refractivity contribution in [1.29, 1.82) is 0 Å². The van der Waals surface area contributed by atoms with Gasteiger partial charge in [0.05, 0.1) is 36.3 Å². The van der Waals surface area contributed by atoms with Gasteiger partial charge in [-0.05, 0) is 38.2 Å². The second-order valence-electron chi connectivity index (χ2n) is 10.7. The van der Waals surface area contributed by atoms with Crippen LogP contribution in [0.5, 0.6) is 0 Å². The lowest BCUT2D eigenvalue weighted by atomic mass is 9.80. The van der Waals surface area contributed by atoms with Crippen molar-refractivity contribution >= 4 is 11.9 Å². The van der Waals surface area contributed by atoms with Crippen LogP contribution in [0.4, 0.5) is 19.1 Å². The zero-order valence-electron chi connectivity index (χ0n) is 20.2. The Hall–Kier alpha value is -2.02. The van der Waals surface area contributed by atoms with Crippen molar-refractivity contribution in [2.24, 2.45) is 5.41 Å². The lowest BCUT2D eigenvalue weighted by Crippen LogP contribution is -2.55. The number of hydrogen-bond acceptors (Lipinski definition) is 8. The number of methoxy groups -OCH3 is 1. The van der Waals surface area contributed by atoms with Crippen LogP contribution in [0.3, 0.4) is 0 Å². The molecule has 9 nitrogen and oxygen atoms in total. The molecule has 6 rings (SSSR count). The van der Waals surface area contributed by atoms with E-state index >= 15 is 0 Å². The number of aromatic nitrogens is 2. The number of nitrogens with one attached hydrogen (secondary N) is 1. The maximum absolute atomic E-state index is 14.0. The smallest absolute Gasteiger partial charge is 0.379 e. The summed E-state index contributed by atoms with van der Waals surface area (Å²) < 4.78 is 56.6. The number of hydrogen-bond donors (Lipinski definition) is 1. The first-order chi connectivity index (χ1) is 17.3. The maximum atomic E-state index is 14.0. The summed E-state index contributed by atoms with van der Waals surface area (Å²) in [6.07, 6.45) is 0.287. The number of carbonyl (C=O) groups is 1. The fourth-order valence-electron chi connectivity index (χ4n) is 7.00. The van der Waals surface area contributed by atoms with Crippen molar-refractivity contribution in [3.05, 3.63) is 18.0 Å². The Morgan fingerprint density at radius 1 is 1.25 bits per heavy atom. The van der Waals surface area contributed by atoms with Crippen molar-refractivity contribution < 1.29 is 32.2 Å². The molecule has 1 aliphatic carbocycles. The van der Waals surface area contributed by atoms with E-state index in [9.17, 15) is 18.0 Å². The molecule has 0 aromatic carbocycles. The largest absolute Gasteiger partial charge is 0.433 e. The summed E-state index contributed by atoms with van der Waals surface area (Å²) >= 11 is 0. The molecule has 12 heteroatoms. The molecule has 2 bridgehead atoms. The number of carbonyl (C=O) groups excluding carboxylic acids is 1. The van der Waals surface area contributed by atoms with Gasteiger partial charge < -0.3 is 29.3 Å². The van der Waals surface area contributed by atoms with E-state index in [-0.39, 0.29) is 48.2 Å². The van der Waals surface area contributed by atoms with Gasteiger partial charge in [0.1, 0.15) is 5.69 Å². The van der Waals surface area contributed by atoms with E-state index in [1.54, 1.807) is 7.11 Å². The SMILES string of the molecule is CO[C@@H]1COCC[C@@H]1N[C@@H]1C[C@H]2OCC[C@@]2(C(=O)N2C[C@@H]3C[C@H]2CN3c2nccc(C(F)(F)F)n2)C1. The minimum atomic E-state index is -4.52. The highest BCUT2D eigenvalue weighted by Crippen LogP contribution is 2.50. The van der Waals surface area contributed by atoms with Crippen LogP contribution in [0.1, 0.15) is 37.8 Å². The third kappa shape index (κ3) is 4.06. The van der Waals surface area contributed by atoms with Crippen molar-refractivity contribution in [3.8, 4) is 0 Å². The van der Waals surface area contributed by atoms with Crippen LogP contribution in [0.15, 0.2) is 12.3 Å². The summed E-state index contributed by atoms with van der Waals surface area (Å²) in [5.41, 5.74) is -1.49. The second kappa shape index (κ2) is 9.07. The topological polar surface area (TPSA) is 89.0 Å². The van der Waals surface area contributed by atoms with E-state index in [4.69, 9.17) is 14.2 Å². The van der Waals surface area contributed by atoms with E-state index in [1.807, 2.05) is 9.80 Å². The zero-order valence-corrected chi connectivity index (χ0v) is 20.2. The molecular formula is C24H32F3N5O4. The van der Waals surface area contributed by atoms with Gasteiger partial charge in [0.25, 0.3) is 0 Å². The van der Waals surface area contributed by atoms with Gasteiger partial charge in [-0.3, -0.25) is 4.79 Å². The molecule has 198 valence electrons. The third-order valence-corrected chi connectivity index (χ3v) is 8.77. The summed E-state index contributed by atoms with van der Waals surface area (Å²) in [5.74, 6) is 0.209. The van der Waals surface area contributed by atoms with Gasteiger partial charge >= 0.3 is 6.18 Å². The molecule has 5 aliphatic rings. The average molecular weight is 512 g/mol. The molecule has 1 N–H and O–H groups in total. The van der Waals surface area contributed by atoms with Gasteiger partial charge in [-0.15, -0.1) is 0 Å². The molecule has 1 amide bonds. The summed E-state index contributed by atoms with van der Waals surface area (Å²) in [7, 11) is 1.70. The zero-order chi connectivity index (χ0) is 25.1. The van der Waals surface area contributed by atoms with Gasteiger partial charge in [0.15, 0.2) is 0 Å². The first kappa shape index (κ1) is 24.3. The molecule has 1 aromatic rings. The Kier molecular flexibility index (Phi) is 6.13. The van der Waals surface area contributed by atoms with E-state index in [0.717, 1.165) is 31.5 Å². The van der Waals surface area contributed by atoms with Crippen LogP contribution in [0.25, 0.3) is 0 Å². The van der Waals surface area contributed by atoms with Crippen LogP contribution in [-0.2, 0) is 25.2 Å². The Morgan fingerprint density at radius 3 is 2.86 bits per heavy atom. The quantitative estimate of drug-likeness (QED) is 0.638. The van der Waals surface area contributed by atoms with Gasteiger partial charge in [-0.1, -0.05) is 0 Å². The highest BCUT2D eigenvalue weighted by molar-refractivity contribution is 5.85. The van der Waals surface area contributed by atoms with Crippen LogP contribution < -0.4 is 10.2 Å². The number of anilines is 1. The summed E-state index contributed by atoms with van der Waals surface area (Å²) in [6.45, 7) is 2.75. The Balaban J connectivity index is 1.13. The molecule has 4 aliphatic heterocycles. The van der Waals surface area contributed by atoms with E-state index < -0.39 is 17.3 Å². The fourth-order valence-corrected chi connectivity index (χ4v) is 7.00. The first-order valence-electron chi connectivity index (χ1n) is 12.7. The predicted octanol–water partition coefficient (Wildman–Crippen LogP) is 1.62. The molecule has 5 heterocycles. The van der Waals surface area contributed by atoms with Gasteiger partial charge in [-0.25, -0.2) is 9.97 Å². The number of ether oxygens (including phenoxy) is 3. The molecule has 1 saturated carbocycles. The number of halogens is 3. The van der Waals surface area contributed by atoms with Gasteiger partial charge in [0.2, 0.25) is 11.9 Å². The Morgan fingerprint density at radius 2 is 2.11 bits per heavy atom. The number of amides is 1. The molecule has 0 unspecified atom stereocenters. The molecule has 5 fully saturated rings. The van der Waals surface area contributed by atoms with Crippen LogP contribution >= 0.6 is 0 Å². The van der Waals surface area contributed by atoms with Gasteiger partial charge in [-0.2, -0.15) is 13.2 Å². The highest BCUT2D eigenvalue weighted by Gasteiger charge is 2.60. The highest BCUT2D eigenvalue weighted by atomic mass is 19.4. The minimum Gasteiger partial charge on any atom is -0.379 e. The maximum Gasteiger partial charge on any atom is 0.433 e. The normalized spacial score (nSPS) is 38.1. The molecule has 0 spiro atoms. The Bertz CT molecular complexity index is 999. The number of fused-ring (bicyclic) bond motifs is 3. The second-order valence-corrected chi connectivity index (χ2v) is 10.7. The first-order valence-corrected chi connectivity index (χ1v) is 12.7. The van der Waals surface area contributed by atoms with Gasteiger partial charge in [0, 0.05) is 51.7 Å². The molecular weight excluding hydrogens is 479 g/mol. The van der Waals surface area contributed by atoms with E-state index in [2.05, 4.69) is 15.3 Å². The third-order valence-electron chi connectivity index (χ3n) is 8.77. The van der Waals surface area contributed by atoms with Crippen molar-refractivity contribution in [3.63, 3.8) is 0 Å². The van der Waals surface area contributed by atoms with Crippen molar-refractivity contribution in [2.75, 3.05) is 44.9 Å². The average Bonchev–Trinajstić information content (AvgIpc) is 3.63. The molecule has 7 atom stereocenters. The number of nitrogens with zero attached hydrogens (tertiary/aromatic N) is 4. The number of likely N-dealkylation sites (tertiary alicyclic amines) is 1. The number of alkyl halides is 3. The monoisotopic (exact) mass is 511 g/mol. The molecule has 1 aromatic heterocycles.